The molecule has 2 aromatic heterocycles. The van der Waals surface area contributed by atoms with E-state index in [1.807, 2.05) is 37.6 Å². The Balaban J connectivity index is 1.61. The first kappa shape index (κ1) is 22.1. The second-order valence-electron chi connectivity index (χ2n) is 8.84. The molecule has 32 heavy (non-hydrogen) atoms. The average molecular weight is 433 g/mol. The molecule has 1 aromatic carbocycles. The van der Waals surface area contributed by atoms with Gasteiger partial charge in [-0.15, -0.1) is 0 Å². The molecule has 1 saturated heterocycles. The molecule has 1 aliphatic rings. The number of likely N-dealkylation sites (tertiary alicyclic amines) is 1. The monoisotopic (exact) mass is 432 g/mol. The predicted molar refractivity (Wildman–Crippen MR) is 127 cm³/mol. The minimum absolute atomic E-state index is 0.340. The minimum atomic E-state index is 0.340. The van der Waals surface area contributed by atoms with Crippen molar-refractivity contribution in [1.29, 1.82) is 0 Å². The number of methoxy groups -OCH3 is 1. The first-order valence-corrected chi connectivity index (χ1v) is 11.0. The molecule has 7 heteroatoms. The number of benzene rings is 1. The van der Waals surface area contributed by atoms with Crippen molar-refractivity contribution in [1.82, 2.24) is 24.8 Å². The van der Waals surface area contributed by atoms with Crippen LogP contribution in [-0.2, 0) is 6.54 Å². The molecule has 0 spiro atoms. The van der Waals surface area contributed by atoms with Crippen LogP contribution in [0.15, 0.2) is 31.0 Å². The number of ether oxygens (including phenoxy) is 1. The maximum absolute atomic E-state index is 5.55. The zero-order valence-corrected chi connectivity index (χ0v) is 19.9. The topological polar surface area (TPSA) is 67.3 Å². The lowest BCUT2D eigenvalue weighted by Crippen LogP contribution is -2.22. The molecule has 0 N–H and O–H groups in total. The van der Waals surface area contributed by atoms with Gasteiger partial charge in [0, 0.05) is 62.8 Å². The van der Waals surface area contributed by atoms with Gasteiger partial charge in [0.05, 0.1) is 12.8 Å². The molecule has 0 saturated carbocycles. The highest BCUT2D eigenvalue weighted by Crippen LogP contribution is 2.35. The van der Waals surface area contributed by atoms with E-state index in [1.165, 1.54) is 22.3 Å². The Morgan fingerprint density at radius 2 is 1.84 bits per heavy atom. The van der Waals surface area contributed by atoms with Gasteiger partial charge in [0.2, 0.25) is 5.95 Å². The minimum Gasteiger partial charge on any atom is -0.496 e. The lowest BCUT2D eigenvalue weighted by atomic mass is 9.96. The van der Waals surface area contributed by atoms with E-state index in [9.17, 15) is 0 Å². The van der Waals surface area contributed by atoms with E-state index < -0.39 is 0 Å². The fraction of sp³-hybridized carbons (Fsp3) is 0.440. The lowest BCUT2D eigenvalue weighted by Gasteiger charge is -2.22. The van der Waals surface area contributed by atoms with Crippen LogP contribution in [0, 0.1) is 20.8 Å². The highest BCUT2D eigenvalue weighted by Gasteiger charge is 2.29. The Bertz CT molecular complexity index is 1100. The highest BCUT2D eigenvalue weighted by molar-refractivity contribution is 5.65. The van der Waals surface area contributed by atoms with Crippen LogP contribution in [0.5, 0.6) is 5.75 Å². The molecule has 0 aliphatic carbocycles. The predicted octanol–water partition coefficient (Wildman–Crippen LogP) is 3.92. The maximum atomic E-state index is 5.55. The van der Waals surface area contributed by atoms with Crippen molar-refractivity contribution in [2.75, 3.05) is 39.2 Å². The average Bonchev–Trinajstić information content (AvgIpc) is 3.27. The van der Waals surface area contributed by atoms with Gasteiger partial charge in [-0.3, -0.25) is 4.90 Å². The van der Waals surface area contributed by atoms with E-state index in [-0.39, 0.29) is 0 Å². The number of aryl methyl sites for hydroxylation is 1. The summed E-state index contributed by atoms with van der Waals surface area (Å²) in [7, 11) is 5.69. The molecular formula is C25H32N6O. The van der Waals surface area contributed by atoms with Gasteiger partial charge in [0.15, 0.2) is 0 Å². The van der Waals surface area contributed by atoms with Crippen molar-refractivity contribution in [2.24, 2.45) is 0 Å². The largest absolute Gasteiger partial charge is 0.496 e. The van der Waals surface area contributed by atoms with E-state index in [0.717, 1.165) is 54.6 Å². The zero-order valence-electron chi connectivity index (χ0n) is 19.9. The van der Waals surface area contributed by atoms with Crippen molar-refractivity contribution < 1.29 is 4.74 Å². The first-order chi connectivity index (χ1) is 15.4. The number of aromatic nitrogens is 4. The Labute approximate surface area is 190 Å². The summed E-state index contributed by atoms with van der Waals surface area (Å²) >= 11 is 0. The lowest BCUT2D eigenvalue weighted by molar-refractivity contribution is 0.324. The van der Waals surface area contributed by atoms with Crippen LogP contribution in [-0.4, -0.2) is 59.1 Å². The smallest absolute Gasteiger partial charge is 0.225 e. The summed E-state index contributed by atoms with van der Waals surface area (Å²) < 4.78 is 5.55. The van der Waals surface area contributed by atoms with E-state index >= 15 is 0 Å². The molecule has 1 unspecified atom stereocenters. The summed E-state index contributed by atoms with van der Waals surface area (Å²) in [6, 6.07) is 2.16. The van der Waals surface area contributed by atoms with E-state index in [0.29, 0.717) is 5.92 Å². The summed E-state index contributed by atoms with van der Waals surface area (Å²) in [5, 5.41) is 0. The van der Waals surface area contributed by atoms with Gasteiger partial charge in [0.25, 0.3) is 0 Å². The van der Waals surface area contributed by atoms with Crippen LogP contribution in [0.1, 0.15) is 40.3 Å². The first-order valence-electron chi connectivity index (χ1n) is 11.0. The fourth-order valence-electron chi connectivity index (χ4n) is 4.55. The molecule has 0 amide bonds. The molecule has 3 heterocycles. The van der Waals surface area contributed by atoms with Crippen LogP contribution in [0.25, 0.3) is 11.1 Å². The Hall–Kier alpha value is -3.06. The fourth-order valence-corrected chi connectivity index (χ4v) is 4.55. The molecule has 168 valence electrons. The number of nitrogens with zero attached hydrogens (tertiary/aromatic N) is 6. The third kappa shape index (κ3) is 4.30. The van der Waals surface area contributed by atoms with Gasteiger partial charge >= 0.3 is 0 Å². The summed E-state index contributed by atoms with van der Waals surface area (Å²) in [6.45, 7) is 9.47. The molecular weight excluding hydrogens is 400 g/mol. The molecule has 1 atom stereocenters. The van der Waals surface area contributed by atoms with Gasteiger partial charge in [-0.2, -0.15) is 0 Å². The molecule has 7 nitrogen and oxygen atoms in total. The van der Waals surface area contributed by atoms with E-state index in [4.69, 9.17) is 9.72 Å². The molecule has 0 bridgehead atoms. The normalized spacial score (nSPS) is 16.4. The van der Waals surface area contributed by atoms with Gasteiger partial charge in [-0.25, -0.2) is 19.9 Å². The third-order valence-corrected chi connectivity index (χ3v) is 6.55. The zero-order chi connectivity index (χ0) is 22.8. The molecule has 1 aliphatic heterocycles. The van der Waals surface area contributed by atoms with E-state index in [2.05, 4.69) is 46.7 Å². The quantitative estimate of drug-likeness (QED) is 0.585. The summed E-state index contributed by atoms with van der Waals surface area (Å²) in [6.07, 6.45) is 8.21. The Morgan fingerprint density at radius 3 is 2.53 bits per heavy atom. The molecule has 0 radical (unpaired) electrons. The second kappa shape index (κ2) is 9.20. The number of hydrogen-bond acceptors (Lipinski definition) is 7. The Morgan fingerprint density at radius 1 is 1.09 bits per heavy atom. The highest BCUT2D eigenvalue weighted by atomic mass is 16.5. The van der Waals surface area contributed by atoms with Crippen LogP contribution < -0.4 is 9.64 Å². The SMILES string of the molecule is COc1cc(C)c(CN2CCC(c3nc(N(C)C)ncc3-c3cncnc3)C2)c(C)c1C. The van der Waals surface area contributed by atoms with Crippen molar-refractivity contribution in [3.05, 3.63) is 58.9 Å². The third-order valence-electron chi connectivity index (χ3n) is 6.55. The summed E-state index contributed by atoms with van der Waals surface area (Å²) in [5.74, 6) is 2.04. The molecule has 4 rings (SSSR count). The molecule has 3 aromatic rings. The molecule has 1 fully saturated rings. The van der Waals surface area contributed by atoms with Crippen molar-refractivity contribution in [2.45, 2.75) is 39.7 Å². The van der Waals surface area contributed by atoms with Gasteiger partial charge in [-0.1, -0.05) is 0 Å². The van der Waals surface area contributed by atoms with Crippen molar-refractivity contribution in [3.63, 3.8) is 0 Å². The van der Waals surface area contributed by atoms with Crippen LogP contribution in [0.4, 0.5) is 5.95 Å². The van der Waals surface area contributed by atoms with E-state index in [1.54, 1.807) is 13.4 Å². The number of hydrogen-bond donors (Lipinski definition) is 0. The number of anilines is 1. The van der Waals surface area contributed by atoms with Crippen LogP contribution >= 0.6 is 0 Å². The van der Waals surface area contributed by atoms with Gasteiger partial charge in [0.1, 0.15) is 12.1 Å². The summed E-state index contributed by atoms with van der Waals surface area (Å²) in [5.41, 5.74) is 8.30. The summed E-state index contributed by atoms with van der Waals surface area (Å²) in [4.78, 5) is 22.4. The van der Waals surface area contributed by atoms with Gasteiger partial charge in [-0.05, 0) is 62.1 Å². The van der Waals surface area contributed by atoms with Gasteiger partial charge < -0.3 is 9.64 Å². The second-order valence-corrected chi connectivity index (χ2v) is 8.84. The maximum Gasteiger partial charge on any atom is 0.225 e. The van der Waals surface area contributed by atoms with Crippen LogP contribution in [0.3, 0.4) is 0 Å². The number of rotatable bonds is 6. The van der Waals surface area contributed by atoms with Crippen molar-refractivity contribution in [3.8, 4) is 16.9 Å². The standard InChI is InChI=1S/C25H32N6O/c1-16-9-23(32-6)18(3)17(2)22(16)14-31-8-7-19(13-31)24-21(20-10-26-15-27-11-20)12-28-25(29-24)30(4)5/h9-12,15,19H,7-8,13-14H2,1-6H3. The van der Waals surface area contributed by atoms with Crippen molar-refractivity contribution >= 4 is 5.95 Å². The van der Waals surface area contributed by atoms with Crippen LogP contribution in [0.2, 0.25) is 0 Å². The Kier molecular flexibility index (Phi) is 6.37.